The Labute approximate surface area is 114 Å². The Kier molecular flexibility index (Phi) is 4.17. The zero-order valence-corrected chi connectivity index (χ0v) is 11.6. The van der Waals surface area contributed by atoms with Crippen LogP contribution in [0.4, 0.5) is 0 Å². The lowest BCUT2D eigenvalue weighted by atomic mass is 10.0. The van der Waals surface area contributed by atoms with Crippen molar-refractivity contribution in [2.45, 2.75) is 12.5 Å². The maximum Gasteiger partial charge on any atom is 0.167 e. The topological polar surface area (TPSA) is 29.5 Å². The molecule has 0 aliphatic heterocycles. The van der Waals surface area contributed by atoms with Crippen molar-refractivity contribution in [1.82, 2.24) is 4.90 Å². The smallest absolute Gasteiger partial charge is 0.167 e. The molecule has 1 aliphatic carbocycles. The molecule has 1 aliphatic rings. The third-order valence-electron chi connectivity index (χ3n) is 3.25. The molecular formula is C16H19NO2. The highest BCUT2D eigenvalue weighted by Crippen LogP contribution is 2.25. The van der Waals surface area contributed by atoms with Crippen molar-refractivity contribution in [3.63, 3.8) is 0 Å². The zero-order valence-electron chi connectivity index (χ0n) is 11.6. The van der Waals surface area contributed by atoms with Crippen LogP contribution in [0.15, 0.2) is 53.8 Å². The molecule has 0 aromatic heterocycles. The molecule has 1 aromatic rings. The molecule has 0 amide bonds. The monoisotopic (exact) mass is 257 g/mol. The Balaban J connectivity index is 2.11. The Morgan fingerprint density at radius 3 is 2.53 bits per heavy atom. The van der Waals surface area contributed by atoms with Crippen molar-refractivity contribution < 1.29 is 9.53 Å². The molecule has 0 radical (unpaired) electrons. The van der Waals surface area contributed by atoms with Crippen LogP contribution in [0, 0.1) is 0 Å². The lowest BCUT2D eigenvalue weighted by molar-refractivity contribution is 0.0978. The fourth-order valence-electron chi connectivity index (χ4n) is 2.14. The van der Waals surface area contributed by atoms with Crippen LogP contribution < -0.4 is 0 Å². The van der Waals surface area contributed by atoms with Gasteiger partial charge in [-0.15, -0.1) is 0 Å². The molecule has 1 atom stereocenters. The van der Waals surface area contributed by atoms with Crippen molar-refractivity contribution in [3.8, 4) is 0 Å². The summed E-state index contributed by atoms with van der Waals surface area (Å²) in [5.41, 5.74) is 2.85. The van der Waals surface area contributed by atoms with Gasteiger partial charge in [0.2, 0.25) is 0 Å². The van der Waals surface area contributed by atoms with Gasteiger partial charge in [-0.3, -0.25) is 4.79 Å². The molecule has 0 spiro atoms. The number of carbonyl (C=O) groups excluding carboxylic acids is 1. The largest absolute Gasteiger partial charge is 0.378 e. The molecule has 0 saturated heterocycles. The van der Waals surface area contributed by atoms with Crippen LogP contribution in [-0.4, -0.2) is 38.0 Å². The predicted molar refractivity (Wildman–Crippen MR) is 76.0 cm³/mol. The van der Waals surface area contributed by atoms with Gasteiger partial charge in [0, 0.05) is 38.9 Å². The summed E-state index contributed by atoms with van der Waals surface area (Å²) >= 11 is 0. The van der Waals surface area contributed by atoms with E-state index in [0.717, 1.165) is 16.8 Å². The van der Waals surface area contributed by atoms with E-state index >= 15 is 0 Å². The minimum absolute atomic E-state index is 0.0925. The van der Waals surface area contributed by atoms with E-state index in [1.54, 1.807) is 7.11 Å². The summed E-state index contributed by atoms with van der Waals surface area (Å²) in [6.45, 7) is 0. The Morgan fingerprint density at radius 1 is 1.26 bits per heavy atom. The minimum Gasteiger partial charge on any atom is -0.378 e. The maximum absolute atomic E-state index is 12.2. The third kappa shape index (κ3) is 3.12. The van der Waals surface area contributed by atoms with Crippen LogP contribution in [0.3, 0.4) is 0 Å². The molecule has 19 heavy (non-hydrogen) atoms. The highest BCUT2D eigenvalue weighted by atomic mass is 16.5. The van der Waals surface area contributed by atoms with Gasteiger partial charge in [-0.1, -0.05) is 30.3 Å². The van der Waals surface area contributed by atoms with E-state index in [2.05, 4.69) is 0 Å². The normalized spacial score (nSPS) is 17.9. The van der Waals surface area contributed by atoms with Gasteiger partial charge in [0.25, 0.3) is 0 Å². The van der Waals surface area contributed by atoms with Gasteiger partial charge in [0.1, 0.15) is 0 Å². The fraction of sp³-hybridized carbons (Fsp3) is 0.312. The number of carbonyl (C=O) groups is 1. The Bertz CT molecular complexity index is 515. The molecule has 1 unspecified atom stereocenters. The van der Waals surface area contributed by atoms with Gasteiger partial charge >= 0.3 is 0 Å². The number of Topliss-reactive ketones (excluding diaryl/α,β-unsaturated/α-hetero) is 1. The highest BCUT2D eigenvalue weighted by molar-refractivity contribution is 5.97. The number of benzene rings is 1. The predicted octanol–water partition coefficient (Wildman–Crippen LogP) is 2.66. The number of ketones is 1. The maximum atomic E-state index is 12.2. The van der Waals surface area contributed by atoms with Crippen LogP contribution >= 0.6 is 0 Å². The van der Waals surface area contributed by atoms with Crippen molar-refractivity contribution >= 4 is 5.78 Å². The highest BCUT2D eigenvalue weighted by Gasteiger charge is 2.22. The standard InChI is InChI=1S/C16H19NO2/c1-17(2)14-9-13(16(11-14)19-3)10-15(18)12-7-5-4-6-8-12/h4-9,11,16H,10H2,1-3H3. The molecule has 0 heterocycles. The molecule has 0 bridgehead atoms. The third-order valence-corrected chi connectivity index (χ3v) is 3.25. The zero-order chi connectivity index (χ0) is 13.8. The molecule has 0 N–H and O–H groups in total. The van der Waals surface area contributed by atoms with Gasteiger partial charge in [-0.2, -0.15) is 0 Å². The molecule has 100 valence electrons. The summed E-state index contributed by atoms with van der Waals surface area (Å²) in [5, 5.41) is 0. The quantitative estimate of drug-likeness (QED) is 0.759. The molecule has 2 rings (SSSR count). The van der Waals surface area contributed by atoms with Crippen molar-refractivity contribution in [1.29, 1.82) is 0 Å². The molecule has 3 nitrogen and oxygen atoms in total. The average molecular weight is 257 g/mol. The average Bonchev–Trinajstić information content (AvgIpc) is 2.83. The first-order valence-electron chi connectivity index (χ1n) is 6.32. The number of hydrogen-bond donors (Lipinski definition) is 0. The van der Waals surface area contributed by atoms with Crippen LogP contribution in [0.25, 0.3) is 0 Å². The number of rotatable bonds is 5. The minimum atomic E-state index is -0.0925. The summed E-state index contributed by atoms with van der Waals surface area (Å²) in [4.78, 5) is 14.2. The van der Waals surface area contributed by atoms with Crippen molar-refractivity contribution in [2.24, 2.45) is 0 Å². The lowest BCUT2D eigenvalue weighted by Crippen LogP contribution is -2.12. The number of nitrogens with zero attached hydrogens (tertiary/aromatic N) is 1. The van der Waals surface area contributed by atoms with Gasteiger partial charge in [0.05, 0.1) is 6.10 Å². The van der Waals surface area contributed by atoms with Gasteiger partial charge < -0.3 is 9.64 Å². The van der Waals surface area contributed by atoms with E-state index in [9.17, 15) is 4.79 Å². The lowest BCUT2D eigenvalue weighted by Gasteiger charge is -2.11. The molecule has 3 heteroatoms. The van der Waals surface area contributed by atoms with Crippen LogP contribution in [0.5, 0.6) is 0 Å². The van der Waals surface area contributed by atoms with E-state index < -0.39 is 0 Å². The van der Waals surface area contributed by atoms with Crippen LogP contribution in [0.2, 0.25) is 0 Å². The number of hydrogen-bond acceptors (Lipinski definition) is 3. The summed E-state index contributed by atoms with van der Waals surface area (Å²) in [7, 11) is 5.63. The summed E-state index contributed by atoms with van der Waals surface area (Å²) < 4.78 is 5.42. The summed E-state index contributed by atoms with van der Waals surface area (Å²) in [6, 6.07) is 9.37. The van der Waals surface area contributed by atoms with Crippen molar-refractivity contribution in [2.75, 3.05) is 21.2 Å². The van der Waals surface area contributed by atoms with E-state index in [4.69, 9.17) is 4.74 Å². The molecule has 0 saturated carbocycles. The van der Waals surface area contributed by atoms with E-state index in [0.29, 0.717) is 6.42 Å². The first-order chi connectivity index (χ1) is 9.11. The molecule has 0 fully saturated rings. The fourth-order valence-corrected chi connectivity index (χ4v) is 2.14. The Morgan fingerprint density at radius 2 is 1.95 bits per heavy atom. The second kappa shape index (κ2) is 5.85. The molecule has 1 aromatic carbocycles. The number of allylic oxidation sites excluding steroid dienone is 1. The van der Waals surface area contributed by atoms with E-state index in [1.807, 2.05) is 61.5 Å². The first kappa shape index (κ1) is 13.6. The SMILES string of the molecule is COC1C=C(N(C)C)C=C1CC(=O)c1ccccc1. The van der Waals surface area contributed by atoms with Gasteiger partial charge in [0.15, 0.2) is 5.78 Å². The molecular weight excluding hydrogens is 238 g/mol. The second-order valence-electron chi connectivity index (χ2n) is 4.83. The summed E-state index contributed by atoms with van der Waals surface area (Å²) in [6.07, 6.45) is 4.38. The van der Waals surface area contributed by atoms with Crippen LogP contribution in [0.1, 0.15) is 16.8 Å². The Hall–Kier alpha value is -1.87. The van der Waals surface area contributed by atoms with E-state index in [1.165, 1.54) is 0 Å². The number of ether oxygens (including phenoxy) is 1. The summed E-state index contributed by atoms with van der Waals surface area (Å²) in [5.74, 6) is 0.127. The van der Waals surface area contributed by atoms with Crippen LogP contribution in [-0.2, 0) is 4.74 Å². The number of methoxy groups -OCH3 is 1. The number of likely N-dealkylation sites (N-methyl/N-ethyl adjacent to an activating group) is 1. The van der Waals surface area contributed by atoms with Gasteiger partial charge in [-0.25, -0.2) is 0 Å². The first-order valence-corrected chi connectivity index (χ1v) is 6.32. The van der Waals surface area contributed by atoms with Crippen molar-refractivity contribution in [3.05, 3.63) is 59.3 Å². The van der Waals surface area contributed by atoms with Gasteiger partial charge in [-0.05, 0) is 17.7 Å². The van der Waals surface area contributed by atoms with E-state index in [-0.39, 0.29) is 11.9 Å². The second-order valence-corrected chi connectivity index (χ2v) is 4.83.